The van der Waals surface area contributed by atoms with Gasteiger partial charge in [-0.3, -0.25) is 0 Å². The lowest BCUT2D eigenvalue weighted by Gasteiger charge is -2.40. The van der Waals surface area contributed by atoms with Gasteiger partial charge in [0.15, 0.2) is 0 Å². The zero-order chi connectivity index (χ0) is 18.8. The highest BCUT2D eigenvalue weighted by atomic mass is 32.2. The van der Waals surface area contributed by atoms with E-state index in [9.17, 15) is 0 Å². The number of thioether (sulfide) groups is 1. The highest BCUT2D eigenvalue weighted by Gasteiger charge is 2.42. The number of likely N-dealkylation sites (tertiary alicyclic amines) is 1. The van der Waals surface area contributed by atoms with Crippen molar-refractivity contribution >= 4 is 11.8 Å². The Bertz CT molecular complexity index is 784. The molecule has 1 spiro atoms. The Balaban J connectivity index is 1.09. The van der Waals surface area contributed by atoms with E-state index < -0.39 is 0 Å². The van der Waals surface area contributed by atoms with Crippen LogP contribution in [0.3, 0.4) is 0 Å². The van der Waals surface area contributed by atoms with Gasteiger partial charge in [0.2, 0.25) is 0 Å². The monoisotopic (exact) mass is 393 g/mol. The number of nitrogens with zero attached hydrogens (tertiary/aromatic N) is 1. The summed E-state index contributed by atoms with van der Waals surface area (Å²) in [5, 5.41) is 0. The van der Waals surface area contributed by atoms with Crippen LogP contribution >= 0.6 is 11.8 Å². The molecule has 3 aliphatic rings. The average Bonchev–Trinajstić information content (AvgIpc) is 3.34. The molecule has 0 aromatic heterocycles. The predicted octanol–water partition coefficient (Wildman–Crippen LogP) is 5.51. The van der Waals surface area contributed by atoms with Crippen molar-refractivity contribution in [3.05, 3.63) is 65.7 Å². The lowest BCUT2D eigenvalue weighted by molar-refractivity contribution is 0.0408. The van der Waals surface area contributed by atoms with E-state index in [2.05, 4.69) is 71.3 Å². The highest BCUT2D eigenvalue weighted by molar-refractivity contribution is 7.99. The van der Waals surface area contributed by atoms with Gasteiger partial charge in [0.1, 0.15) is 0 Å². The van der Waals surface area contributed by atoms with Gasteiger partial charge in [-0.25, -0.2) is 0 Å². The van der Waals surface area contributed by atoms with Crippen LogP contribution in [0.4, 0.5) is 0 Å². The van der Waals surface area contributed by atoms with Gasteiger partial charge in [-0.2, -0.15) is 0 Å². The lowest BCUT2D eigenvalue weighted by atomic mass is 9.74. The number of ether oxygens (including phenoxy) is 1. The molecule has 0 bridgehead atoms. The minimum Gasteiger partial charge on any atom is -0.374 e. The Labute approximate surface area is 173 Å². The number of rotatable bonds is 5. The quantitative estimate of drug-likeness (QED) is 0.664. The van der Waals surface area contributed by atoms with Crippen molar-refractivity contribution in [3.8, 4) is 0 Å². The molecule has 2 nitrogen and oxygen atoms in total. The third-order valence-corrected chi connectivity index (χ3v) is 8.48. The molecule has 2 heterocycles. The first-order valence-electron chi connectivity index (χ1n) is 10.9. The van der Waals surface area contributed by atoms with Crippen LogP contribution in [0.1, 0.15) is 43.2 Å². The van der Waals surface area contributed by atoms with Crippen molar-refractivity contribution in [1.82, 2.24) is 4.90 Å². The van der Waals surface area contributed by atoms with Crippen LogP contribution in [0.25, 0.3) is 0 Å². The van der Waals surface area contributed by atoms with Crippen LogP contribution in [0, 0.1) is 5.92 Å². The van der Waals surface area contributed by atoms with Gasteiger partial charge in [0.25, 0.3) is 0 Å². The van der Waals surface area contributed by atoms with Crippen LogP contribution in [-0.4, -0.2) is 36.4 Å². The average molecular weight is 394 g/mol. The van der Waals surface area contributed by atoms with Crippen LogP contribution in [0.2, 0.25) is 0 Å². The normalized spacial score (nSPS) is 26.6. The van der Waals surface area contributed by atoms with E-state index in [1.54, 1.807) is 5.56 Å². The fraction of sp³-hybridized carbons (Fsp3) is 0.520. The van der Waals surface area contributed by atoms with Crippen molar-refractivity contribution in [2.45, 2.75) is 55.1 Å². The molecule has 2 aliphatic heterocycles. The van der Waals surface area contributed by atoms with Crippen LogP contribution in [0.15, 0.2) is 59.5 Å². The maximum absolute atomic E-state index is 6.20. The van der Waals surface area contributed by atoms with Crippen molar-refractivity contribution in [2.24, 2.45) is 5.92 Å². The Morgan fingerprint density at radius 3 is 2.61 bits per heavy atom. The second-order valence-corrected chi connectivity index (χ2v) is 9.98. The molecule has 28 heavy (non-hydrogen) atoms. The summed E-state index contributed by atoms with van der Waals surface area (Å²) in [4.78, 5) is 4.27. The lowest BCUT2D eigenvalue weighted by Crippen LogP contribution is -2.44. The minimum atomic E-state index is 0.453. The zero-order valence-electron chi connectivity index (χ0n) is 16.7. The van der Waals surface area contributed by atoms with Gasteiger partial charge >= 0.3 is 0 Å². The molecular weight excluding hydrogens is 362 g/mol. The van der Waals surface area contributed by atoms with Gasteiger partial charge in [-0.05, 0) is 68.3 Å². The van der Waals surface area contributed by atoms with Crippen molar-refractivity contribution in [1.29, 1.82) is 0 Å². The molecule has 2 unspecified atom stereocenters. The van der Waals surface area contributed by atoms with Crippen molar-refractivity contribution < 1.29 is 4.74 Å². The van der Waals surface area contributed by atoms with Gasteiger partial charge in [0, 0.05) is 22.6 Å². The number of hydrogen-bond acceptors (Lipinski definition) is 3. The Hall–Kier alpha value is -1.29. The second kappa shape index (κ2) is 8.22. The highest BCUT2D eigenvalue weighted by Crippen LogP contribution is 2.49. The first-order chi connectivity index (χ1) is 13.8. The molecule has 3 heteroatoms. The first-order valence-corrected chi connectivity index (χ1v) is 11.9. The van der Waals surface area contributed by atoms with Crippen LogP contribution in [-0.2, 0) is 16.8 Å². The first kappa shape index (κ1) is 18.7. The summed E-state index contributed by atoms with van der Waals surface area (Å²) >= 11 is 2.08. The molecule has 1 saturated heterocycles. The molecule has 1 aliphatic carbocycles. The second-order valence-electron chi connectivity index (χ2n) is 8.96. The molecule has 2 atom stereocenters. The van der Waals surface area contributed by atoms with E-state index in [0.717, 1.165) is 12.5 Å². The van der Waals surface area contributed by atoms with Gasteiger partial charge in [-0.15, -0.1) is 11.8 Å². The van der Waals surface area contributed by atoms with E-state index in [0.29, 0.717) is 11.5 Å². The fourth-order valence-corrected chi connectivity index (χ4v) is 6.89. The predicted molar refractivity (Wildman–Crippen MR) is 117 cm³/mol. The SMILES string of the molecule is c1ccc(COC2CCC(CN3CCC4(CC3)CSc3ccccc34)C2)cc1. The van der Waals surface area contributed by atoms with E-state index in [-0.39, 0.29) is 0 Å². The number of hydrogen-bond donors (Lipinski definition) is 0. The molecule has 0 amide bonds. The van der Waals surface area contributed by atoms with Gasteiger partial charge in [0.05, 0.1) is 12.7 Å². The Morgan fingerprint density at radius 1 is 0.964 bits per heavy atom. The smallest absolute Gasteiger partial charge is 0.0720 e. The molecule has 1 saturated carbocycles. The molecule has 5 rings (SSSR count). The molecule has 2 fully saturated rings. The Kier molecular flexibility index (Phi) is 5.49. The summed E-state index contributed by atoms with van der Waals surface area (Å²) in [6.45, 7) is 4.57. The van der Waals surface area contributed by atoms with E-state index in [4.69, 9.17) is 4.74 Å². The van der Waals surface area contributed by atoms with Gasteiger partial charge in [-0.1, -0.05) is 48.5 Å². The fourth-order valence-electron chi connectivity index (χ4n) is 5.40. The zero-order valence-corrected chi connectivity index (χ0v) is 17.5. The summed E-state index contributed by atoms with van der Waals surface area (Å²) < 4.78 is 6.20. The molecule has 2 aromatic rings. The maximum atomic E-state index is 6.20. The summed E-state index contributed by atoms with van der Waals surface area (Å²) in [6.07, 6.45) is 6.93. The summed E-state index contributed by atoms with van der Waals surface area (Å²) in [6, 6.07) is 19.7. The molecule has 0 N–H and O–H groups in total. The molecule has 2 aromatic carbocycles. The maximum Gasteiger partial charge on any atom is 0.0720 e. The molecular formula is C25H31NOS. The third-order valence-electron chi connectivity index (χ3n) is 7.11. The standard InChI is InChI=1S/C25H31NOS/c1-2-6-20(7-3-1)18-27-22-11-10-21(16-22)17-26-14-12-25(13-15-26)19-28-24-9-5-4-8-23(24)25/h1-9,21-22H,10-19H2. The largest absolute Gasteiger partial charge is 0.374 e. The molecule has 0 radical (unpaired) electrons. The number of benzene rings is 2. The molecule has 148 valence electrons. The summed E-state index contributed by atoms with van der Waals surface area (Å²) in [5.41, 5.74) is 3.38. The minimum absolute atomic E-state index is 0.453. The third kappa shape index (κ3) is 3.90. The van der Waals surface area contributed by atoms with E-state index >= 15 is 0 Å². The topological polar surface area (TPSA) is 12.5 Å². The van der Waals surface area contributed by atoms with Gasteiger partial charge < -0.3 is 9.64 Å². The van der Waals surface area contributed by atoms with Crippen LogP contribution in [0.5, 0.6) is 0 Å². The van der Waals surface area contributed by atoms with Crippen molar-refractivity contribution in [3.63, 3.8) is 0 Å². The number of piperidine rings is 1. The number of fused-ring (bicyclic) bond motifs is 2. The van der Waals surface area contributed by atoms with E-state index in [1.165, 1.54) is 68.0 Å². The summed E-state index contributed by atoms with van der Waals surface area (Å²) in [7, 11) is 0. The van der Waals surface area contributed by atoms with E-state index in [1.807, 2.05) is 0 Å². The van der Waals surface area contributed by atoms with Crippen molar-refractivity contribution in [2.75, 3.05) is 25.4 Å². The Morgan fingerprint density at radius 2 is 1.75 bits per heavy atom. The summed E-state index contributed by atoms with van der Waals surface area (Å²) in [5.74, 6) is 2.11. The van der Waals surface area contributed by atoms with Crippen LogP contribution < -0.4 is 0 Å².